The molecule has 0 amide bonds. The monoisotopic (exact) mass is 288 g/mol. The van der Waals surface area contributed by atoms with Crippen molar-refractivity contribution in [2.24, 2.45) is 0 Å². The van der Waals surface area contributed by atoms with E-state index in [0.29, 0.717) is 0 Å². The van der Waals surface area contributed by atoms with Crippen molar-refractivity contribution in [2.45, 2.75) is 32.7 Å². The first-order valence-electron chi connectivity index (χ1n) is 6.97. The van der Waals surface area contributed by atoms with Crippen LogP contribution >= 0.6 is 11.3 Å². The van der Waals surface area contributed by atoms with Crippen LogP contribution in [0.3, 0.4) is 0 Å². The van der Waals surface area contributed by atoms with Gasteiger partial charge in [0.25, 0.3) is 0 Å². The molecule has 2 rings (SSSR count). The number of nitrogens with one attached hydrogen (secondary N) is 1. The summed E-state index contributed by atoms with van der Waals surface area (Å²) in [6.45, 7) is 7.66. The summed E-state index contributed by atoms with van der Waals surface area (Å²) < 4.78 is 0. The zero-order valence-electron chi connectivity index (χ0n) is 13.0. The van der Waals surface area contributed by atoms with Crippen molar-refractivity contribution in [3.05, 3.63) is 46.2 Å². The van der Waals surface area contributed by atoms with Crippen LogP contribution in [0.15, 0.2) is 36.4 Å². The van der Waals surface area contributed by atoms with Gasteiger partial charge in [0.15, 0.2) is 0 Å². The van der Waals surface area contributed by atoms with E-state index in [1.807, 2.05) is 11.3 Å². The van der Waals surface area contributed by atoms with E-state index in [-0.39, 0.29) is 5.41 Å². The number of hydrogen-bond donors (Lipinski definition) is 1. The van der Waals surface area contributed by atoms with Crippen LogP contribution in [0.2, 0.25) is 0 Å². The number of nitrogens with zero attached hydrogens (tertiary/aromatic N) is 1. The Kier molecular flexibility index (Phi) is 4.39. The van der Waals surface area contributed by atoms with Crippen LogP contribution in [-0.2, 0) is 12.0 Å². The Balaban J connectivity index is 2.08. The number of thiophene rings is 1. The highest BCUT2D eigenvalue weighted by molar-refractivity contribution is 7.12. The standard InChI is InChI=1S/C17H24N2S/c1-17(2,3)16-11-10-13(20-16)12-18-14-8-6-7-9-15(14)19(4)5/h6-11,18H,12H2,1-5H3. The van der Waals surface area contributed by atoms with E-state index in [1.165, 1.54) is 21.1 Å². The van der Waals surface area contributed by atoms with Gasteiger partial charge >= 0.3 is 0 Å². The first-order valence-corrected chi connectivity index (χ1v) is 7.79. The largest absolute Gasteiger partial charge is 0.378 e. The molecule has 2 nitrogen and oxygen atoms in total. The summed E-state index contributed by atoms with van der Waals surface area (Å²) in [5.74, 6) is 0. The third kappa shape index (κ3) is 3.54. The average Bonchev–Trinajstić information content (AvgIpc) is 2.85. The molecule has 108 valence electrons. The van der Waals surface area contributed by atoms with Crippen molar-refractivity contribution in [1.29, 1.82) is 0 Å². The van der Waals surface area contributed by atoms with Crippen molar-refractivity contribution in [1.82, 2.24) is 0 Å². The van der Waals surface area contributed by atoms with E-state index < -0.39 is 0 Å². The maximum Gasteiger partial charge on any atom is 0.0596 e. The fourth-order valence-corrected chi connectivity index (χ4v) is 3.08. The van der Waals surface area contributed by atoms with Gasteiger partial charge in [0.05, 0.1) is 11.4 Å². The minimum atomic E-state index is 0.241. The van der Waals surface area contributed by atoms with E-state index in [9.17, 15) is 0 Å². The number of rotatable bonds is 4. The molecular formula is C17H24N2S. The van der Waals surface area contributed by atoms with Crippen LogP contribution in [-0.4, -0.2) is 14.1 Å². The van der Waals surface area contributed by atoms with Gasteiger partial charge in [-0.15, -0.1) is 11.3 Å². The molecule has 1 heterocycles. The second-order valence-corrected chi connectivity index (χ2v) is 7.45. The average molecular weight is 288 g/mol. The molecule has 0 fully saturated rings. The summed E-state index contributed by atoms with van der Waals surface area (Å²) in [4.78, 5) is 4.95. The highest BCUT2D eigenvalue weighted by Crippen LogP contribution is 2.30. The van der Waals surface area contributed by atoms with Crippen molar-refractivity contribution >= 4 is 22.7 Å². The molecule has 0 atom stereocenters. The van der Waals surface area contributed by atoms with Crippen molar-refractivity contribution in [3.8, 4) is 0 Å². The minimum absolute atomic E-state index is 0.241. The molecule has 3 heteroatoms. The van der Waals surface area contributed by atoms with Crippen LogP contribution in [0.5, 0.6) is 0 Å². The van der Waals surface area contributed by atoms with Gasteiger partial charge in [-0.1, -0.05) is 32.9 Å². The topological polar surface area (TPSA) is 15.3 Å². The zero-order chi connectivity index (χ0) is 14.8. The Bertz CT molecular complexity index is 564. The van der Waals surface area contributed by atoms with Crippen LogP contribution in [0.4, 0.5) is 11.4 Å². The van der Waals surface area contributed by atoms with Crippen LogP contribution in [0, 0.1) is 0 Å². The summed E-state index contributed by atoms with van der Waals surface area (Å²) in [6, 6.07) is 12.9. The summed E-state index contributed by atoms with van der Waals surface area (Å²) >= 11 is 1.90. The van der Waals surface area contributed by atoms with E-state index in [4.69, 9.17) is 0 Å². The molecule has 0 saturated heterocycles. The number of benzene rings is 1. The van der Waals surface area contributed by atoms with E-state index in [1.54, 1.807) is 0 Å². The summed E-state index contributed by atoms with van der Waals surface area (Å²) in [5.41, 5.74) is 2.65. The molecule has 1 N–H and O–H groups in total. The lowest BCUT2D eigenvalue weighted by atomic mass is 9.95. The molecule has 1 aromatic carbocycles. The molecule has 2 aromatic rings. The second kappa shape index (κ2) is 5.88. The Morgan fingerprint density at radius 2 is 1.75 bits per heavy atom. The lowest BCUT2D eigenvalue weighted by Gasteiger charge is -2.18. The third-order valence-corrected chi connectivity index (χ3v) is 4.75. The van der Waals surface area contributed by atoms with E-state index in [0.717, 1.165) is 6.54 Å². The maximum absolute atomic E-state index is 3.54. The lowest BCUT2D eigenvalue weighted by molar-refractivity contribution is 0.604. The van der Waals surface area contributed by atoms with Gasteiger partial charge in [0.1, 0.15) is 0 Å². The fourth-order valence-electron chi connectivity index (χ4n) is 2.07. The van der Waals surface area contributed by atoms with Gasteiger partial charge < -0.3 is 10.2 Å². The van der Waals surface area contributed by atoms with E-state index in [2.05, 4.69) is 81.5 Å². The Morgan fingerprint density at radius 3 is 2.35 bits per heavy atom. The molecule has 0 spiro atoms. The quantitative estimate of drug-likeness (QED) is 0.875. The lowest BCUT2D eigenvalue weighted by Crippen LogP contribution is -2.11. The molecule has 1 aromatic heterocycles. The van der Waals surface area contributed by atoms with Gasteiger partial charge in [-0.3, -0.25) is 0 Å². The number of anilines is 2. The smallest absolute Gasteiger partial charge is 0.0596 e. The SMILES string of the molecule is CN(C)c1ccccc1NCc1ccc(C(C)(C)C)s1. The normalized spacial score (nSPS) is 11.4. The van der Waals surface area contributed by atoms with Crippen molar-refractivity contribution < 1.29 is 0 Å². The molecule has 0 bridgehead atoms. The molecule has 0 unspecified atom stereocenters. The molecule has 0 saturated carbocycles. The van der Waals surface area contributed by atoms with Gasteiger partial charge in [-0.25, -0.2) is 0 Å². The molecule has 0 radical (unpaired) electrons. The molecule has 0 aliphatic heterocycles. The maximum atomic E-state index is 3.54. The van der Waals surface area contributed by atoms with Gasteiger partial charge in [0.2, 0.25) is 0 Å². The van der Waals surface area contributed by atoms with Crippen molar-refractivity contribution in [2.75, 3.05) is 24.3 Å². The van der Waals surface area contributed by atoms with Gasteiger partial charge in [-0.05, 0) is 29.7 Å². The van der Waals surface area contributed by atoms with Crippen LogP contribution in [0.25, 0.3) is 0 Å². The van der Waals surface area contributed by atoms with Crippen LogP contribution in [0.1, 0.15) is 30.5 Å². The Labute approximate surface area is 126 Å². The fraction of sp³-hybridized carbons (Fsp3) is 0.412. The first kappa shape index (κ1) is 14.9. The highest BCUT2D eigenvalue weighted by Gasteiger charge is 2.16. The molecule has 0 aliphatic carbocycles. The second-order valence-electron chi connectivity index (χ2n) is 6.28. The van der Waals surface area contributed by atoms with Gasteiger partial charge in [-0.2, -0.15) is 0 Å². The Hall–Kier alpha value is -1.48. The number of hydrogen-bond acceptors (Lipinski definition) is 3. The third-order valence-electron chi connectivity index (χ3n) is 3.24. The zero-order valence-corrected chi connectivity index (χ0v) is 13.8. The summed E-state index contributed by atoms with van der Waals surface area (Å²) in [5, 5.41) is 3.54. The molecule has 0 aliphatic rings. The first-order chi connectivity index (χ1) is 9.38. The van der Waals surface area contributed by atoms with Crippen molar-refractivity contribution in [3.63, 3.8) is 0 Å². The minimum Gasteiger partial charge on any atom is -0.378 e. The van der Waals surface area contributed by atoms with Gasteiger partial charge in [0, 0.05) is 30.4 Å². The predicted molar refractivity (Wildman–Crippen MR) is 91.1 cm³/mol. The molecule has 20 heavy (non-hydrogen) atoms. The number of para-hydroxylation sites is 2. The summed E-state index contributed by atoms with van der Waals surface area (Å²) in [7, 11) is 4.15. The Morgan fingerprint density at radius 1 is 1.05 bits per heavy atom. The molecular weight excluding hydrogens is 264 g/mol. The highest BCUT2D eigenvalue weighted by atomic mass is 32.1. The predicted octanol–water partition coefficient (Wildman–Crippen LogP) is 4.72. The van der Waals surface area contributed by atoms with E-state index >= 15 is 0 Å². The van der Waals surface area contributed by atoms with Crippen LogP contribution < -0.4 is 10.2 Å². The summed E-state index contributed by atoms with van der Waals surface area (Å²) in [6.07, 6.45) is 0.